The van der Waals surface area contributed by atoms with Crippen molar-refractivity contribution in [2.24, 2.45) is 5.41 Å². The molecule has 0 aromatic heterocycles. The molecule has 1 saturated carbocycles. The van der Waals surface area contributed by atoms with Crippen molar-refractivity contribution in [3.05, 3.63) is 59.7 Å². The summed E-state index contributed by atoms with van der Waals surface area (Å²) in [7, 11) is 0. The number of benzene rings is 2. The summed E-state index contributed by atoms with van der Waals surface area (Å²) in [5.74, 6) is -1.22. The molecule has 0 spiro atoms. The summed E-state index contributed by atoms with van der Waals surface area (Å²) in [6.07, 6.45) is 2.32. The van der Waals surface area contributed by atoms with Gasteiger partial charge in [0.1, 0.15) is 6.61 Å². The van der Waals surface area contributed by atoms with Crippen molar-refractivity contribution in [2.75, 3.05) is 6.61 Å². The molecule has 186 valence electrons. The number of hydrogen-bond donors (Lipinski definition) is 3. The van der Waals surface area contributed by atoms with Gasteiger partial charge in [-0.1, -0.05) is 61.4 Å². The van der Waals surface area contributed by atoms with Crippen LogP contribution in [0.3, 0.4) is 0 Å². The van der Waals surface area contributed by atoms with Gasteiger partial charge in [-0.25, -0.2) is 4.79 Å². The highest BCUT2D eigenvalue weighted by Crippen LogP contribution is 2.44. The number of alkyl carbamates (subject to hydrolysis) is 1. The fourth-order valence-corrected chi connectivity index (χ4v) is 5.42. The van der Waals surface area contributed by atoms with Crippen LogP contribution in [0.2, 0.25) is 0 Å². The van der Waals surface area contributed by atoms with Crippen LogP contribution >= 0.6 is 0 Å². The van der Waals surface area contributed by atoms with Crippen LogP contribution in [0.5, 0.6) is 0 Å². The molecule has 0 aliphatic heterocycles. The molecule has 3 N–H and O–H groups in total. The third-order valence-electron chi connectivity index (χ3n) is 7.42. The molecule has 0 bridgehead atoms. The van der Waals surface area contributed by atoms with Gasteiger partial charge in [-0.05, 0) is 55.9 Å². The zero-order valence-corrected chi connectivity index (χ0v) is 20.6. The SMILES string of the molecule is CC(C)(CC(=O)NC1CCCCC1(C)C(=O)O)NC(=O)OCC1c2ccccc2-c2ccccc21. The third kappa shape index (κ3) is 5.19. The zero-order valence-electron chi connectivity index (χ0n) is 20.6. The fourth-order valence-electron chi connectivity index (χ4n) is 5.42. The van der Waals surface area contributed by atoms with Gasteiger partial charge in [0, 0.05) is 23.9 Å². The van der Waals surface area contributed by atoms with Gasteiger partial charge in [-0.2, -0.15) is 0 Å². The van der Waals surface area contributed by atoms with E-state index in [9.17, 15) is 19.5 Å². The van der Waals surface area contributed by atoms with Gasteiger partial charge in [0.05, 0.1) is 5.41 Å². The van der Waals surface area contributed by atoms with Crippen LogP contribution in [0.4, 0.5) is 4.79 Å². The molecule has 7 nitrogen and oxygen atoms in total. The molecule has 2 atom stereocenters. The number of nitrogens with one attached hydrogen (secondary N) is 2. The maximum absolute atomic E-state index is 12.8. The highest BCUT2D eigenvalue weighted by atomic mass is 16.5. The van der Waals surface area contributed by atoms with Crippen molar-refractivity contribution in [1.29, 1.82) is 0 Å². The Morgan fingerprint density at radius 1 is 1.03 bits per heavy atom. The number of carboxylic acids is 1. The fraction of sp³-hybridized carbons (Fsp3) is 0.464. The van der Waals surface area contributed by atoms with Crippen molar-refractivity contribution >= 4 is 18.0 Å². The molecule has 2 aromatic rings. The van der Waals surface area contributed by atoms with E-state index in [1.165, 1.54) is 0 Å². The normalized spacial score (nSPS) is 21.5. The molecule has 2 amide bonds. The van der Waals surface area contributed by atoms with E-state index in [1.807, 2.05) is 24.3 Å². The summed E-state index contributed by atoms with van der Waals surface area (Å²) in [6, 6.07) is 15.8. The van der Waals surface area contributed by atoms with Crippen LogP contribution < -0.4 is 10.6 Å². The highest BCUT2D eigenvalue weighted by molar-refractivity contribution is 5.82. The van der Waals surface area contributed by atoms with Gasteiger partial charge >= 0.3 is 12.1 Å². The average molecular weight is 479 g/mol. The lowest BCUT2D eigenvalue weighted by molar-refractivity contribution is -0.152. The summed E-state index contributed by atoms with van der Waals surface area (Å²) in [5, 5.41) is 15.4. The molecule has 1 fully saturated rings. The first-order chi connectivity index (χ1) is 16.6. The van der Waals surface area contributed by atoms with Crippen LogP contribution in [-0.2, 0) is 14.3 Å². The second-order valence-corrected chi connectivity index (χ2v) is 10.6. The Hall–Kier alpha value is -3.35. The number of fused-ring (bicyclic) bond motifs is 3. The van der Waals surface area contributed by atoms with Gasteiger partial charge in [-0.3, -0.25) is 9.59 Å². The van der Waals surface area contributed by atoms with Crippen LogP contribution in [0.1, 0.15) is 69.9 Å². The Bertz CT molecular complexity index is 1080. The summed E-state index contributed by atoms with van der Waals surface area (Å²) in [4.78, 5) is 37.2. The van der Waals surface area contributed by atoms with Crippen LogP contribution in [0, 0.1) is 5.41 Å². The molecule has 2 aliphatic carbocycles. The van der Waals surface area contributed by atoms with Crippen molar-refractivity contribution < 1.29 is 24.2 Å². The summed E-state index contributed by atoms with van der Waals surface area (Å²) < 4.78 is 5.61. The second kappa shape index (κ2) is 9.72. The Labute approximate surface area is 206 Å². The Morgan fingerprint density at radius 2 is 1.63 bits per heavy atom. The molecule has 0 radical (unpaired) electrons. The lowest BCUT2D eigenvalue weighted by Gasteiger charge is -2.39. The molecule has 2 unspecified atom stereocenters. The number of hydrogen-bond acceptors (Lipinski definition) is 4. The summed E-state index contributed by atoms with van der Waals surface area (Å²) in [6.45, 7) is 5.40. The van der Waals surface area contributed by atoms with E-state index in [0.717, 1.165) is 35.1 Å². The largest absolute Gasteiger partial charge is 0.481 e. The molecular weight excluding hydrogens is 444 g/mol. The van der Waals surface area contributed by atoms with E-state index >= 15 is 0 Å². The molecule has 35 heavy (non-hydrogen) atoms. The lowest BCUT2D eigenvalue weighted by Crippen LogP contribution is -2.54. The van der Waals surface area contributed by atoms with Crippen molar-refractivity contribution in [1.82, 2.24) is 10.6 Å². The number of carbonyl (C=O) groups is 3. The van der Waals surface area contributed by atoms with Crippen LogP contribution in [-0.4, -0.2) is 41.3 Å². The molecule has 0 heterocycles. The Morgan fingerprint density at radius 3 is 2.23 bits per heavy atom. The summed E-state index contributed by atoms with van der Waals surface area (Å²) in [5.41, 5.74) is 2.75. The number of ether oxygens (including phenoxy) is 1. The first-order valence-corrected chi connectivity index (χ1v) is 12.3. The van der Waals surface area contributed by atoms with E-state index < -0.39 is 29.1 Å². The molecule has 4 rings (SSSR count). The highest BCUT2D eigenvalue weighted by Gasteiger charge is 2.44. The monoisotopic (exact) mass is 478 g/mol. The van der Waals surface area contributed by atoms with Crippen LogP contribution in [0.25, 0.3) is 11.1 Å². The number of carboxylic acid groups (broad SMARTS) is 1. The van der Waals surface area contributed by atoms with Crippen LogP contribution in [0.15, 0.2) is 48.5 Å². The molecular formula is C28H34N2O5. The second-order valence-electron chi connectivity index (χ2n) is 10.6. The molecule has 2 aliphatic rings. The first-order valence-electron chi connectivity index (χ1n) is 12.3. The molecule has 7 heteroatoms. The van der Waals surface area contributed by atoms with E-state index in [-0.39, 0.29) is 24.9 Å². The predicted octanol–water partition coefficient (Wildman–Crippen LogP) is 4.84. The Balaban J connectivity index is 1.33. The van der Waals surface area contributed by atoms with Gasteiger partial charge < -0.3 is 20.5 Å². The van der Waals surface area contributed by atoms with Crippen molar-refractivity contribution in [2.45, 2.75) is 70.4 Å². The quantitative estimate of drug-likeness (QED) is 0.528. The van der Waals surface area contributed by atoms with Crippen molar-refractivity contribution in [3.8, 4) is 11.1 Å². The number of aliphatic carboxylic acids is 1. The predicted molar refractivity (Wildman–Crippen MR) is 133 cm³/mol. The minimum Gasteiger partial charge on any atom is -0.481 e. The topological polar surface area (TPSA) is 105 Å². The van der Waals surface area contributed by atoms with Gasteiger partial charge in [0.2, 0.25) is 5.91 Å². The third-order valence-corrected chi connectivity index (χ3v) is 7.42. The van der Waals surface area contributed by atoms with Gasteiger partial charge in [-0.15, -0.1) is 0 Å². The maximum atomic E-state index is 12.8. The minimum absolute atomic E-state index is 0.0173. The van der Waals surface area contributed by atoms with E-state index in [1.54, 1.807) is 20.8 Å². The van der Waals surface area contributed by atoms with Gasteiger partial charge in [0.25, 0.3) is 0 Å². The number of carbonyl (C=O) groups excluding carboxylic acids is 2. The lowest BCUT2D eigenvalue weighted by atomic mass is 9.71. The van der Waals surface area contributed by atoms with Crippen molar-refractivity contribution in [3.63, 3.8) is 0 Å². The summed E-state index contributed by atoms with van der Waals surface area (Å²) >= 11 is 0. The average Bonchev–Trinajstić information content (AvgIpc) is 3.12. The first kappa shape index (κ1) is 24.8. The van der Waals surface area contributed by atoms with E-state index in [0.29, 0.717) is 12.8 Å². The minimum atomic E-state index is -0.974. The molecule has 0 saturated heterocycles. The number of amides is 2. The smallest absolute Gasteiger partial charge is 0.407 e. The molecule has 2 aromatic carbocycles. The standard InChI is InChI=1S/C28H34N2O5/c1-27(2,16-24(31)29-23-14-8-9-15-28(23,3)25(32)33)30-26(34)35-17-22-20-12-6-4-10-18(20)19-11-5-7-13-21(19)22/h4-7,10-13,22-23H,8-9,14-17H2,1-3H3,(H,29,31)(H,30,34)(H,32,33). The zero-order chi connectivity index (χ0) is 25.2. The maximum Gasteiger partial charge on any atom is 0.407 e. The number of rotatable bonds is 7. The Kier molecular flexibility index (Phi) is 6.88. The van der Waals surface area contributed by atoms with Gasteiger partial charge in [0.15, 0.2) is 0 Å². The van der Waals surface area contributed by atoms with E-state index in [4.69, 9.17) is 4.74 Å². The van der Waals surface area contributed by atoms with E-state index in [2.05, 4.69) is 34.9 Å².